The van der Waals surface area contributed by atoms with E-state index < -0.39 is 11.8 Å². The summed E-state index contributed by atoms with van der Waals surface area (Å²) in [5.74, 6) is -1.48. The zero-order valence-corrected chi connectivity index (χ0v) is 10.8. The highest BCUT2D eigenvalue weighted by Gasteiger charge is 2.19. The van der Waals surface area contributed by atoms with E-state index in [1.165, 1.54) is 20.3 Å². The fourth-order valence-corrected chi connectivity index (χ4v) is 1.77. The lowest BCUT2D eigenvalue weighted by molar-refractivity contribution is 0.0686. The van der Waals surface area contributed by atoms with Crippen LogP contribution in [0.5, 0.6) is 5.75 Å². The van der Waals surface area contributed by atoms with E-state index in [0.29, 0.717) is 5.75 Å². The Kier molecular flexibility index (Phi) is 3.99. The van der Waals surface area contributed by atoms with Crippen molar-refractivity contribution in [1.82, 2.24) is 5.16 Å². The van der Waals surface area contributed by atoms with E-state index in [0.717, 1.165) is 6.07 Å². The number of hydrogen-bond donors (Lipinski definition) is 1. The molecule has 2 rings (SSSR count). The molecule has 0 aliphatic rings. The molecule has 0 spiro atoms. The van der Waals surface area contributed by atoms with E-state index in [1.807, 2.05) is 0 Å². The number of carboxylic acid groups (broad SMARTS) is 1. The second-order valence-electron chi connectivity index (χ2n) is 3.92. The van der Waals surface area contributed by atoms with E-state index in [1.54, 1.807) is 6.07 Å². The summed E-state index contributed by atoms with van der Waals surface area (Å²) >= 11 is 0. The summed E-state index contributed by atoms with van der Waals surface area (Å²) in [6.45, 7) is 0.0166. The van der Waals surface area contributed by atoms with Gasteiger partial charge in [-0.3, -0.25) is 0 Å². The third kappa shape index (κ3) is 2.48. The molecule has 0 amide bonds. The quantitative estimate of drug-likeness (QED) is 0.905. The Balaban J connectivity index is 2.51. The third-order valence-electron chi connectivity index (χ3n) is 2.70. The smallest absolute Gasteiger partial charge is 0.358 e. The fraction of sp³-hybridized carbons (Fsp3) is 0.231. The normalized spacial score (nSPS) is 10.6. The van der Waals surface area contributed by atoms with Crippen molar-refractivity contribution in [1.29, 1.82) is 0 Å². The predicted molar refractivity (Wildman–Crippen MR) is 66.1 cm³/mol. The molecular formula is C13H12FNO5. The minimum Gasteiger partial charge on any atom is -0.496 e. The third-order valence-corrected chi connectivity index (χ3v) is 2.70. The van der Waals surface area contributed by atoms with Gasteiger partial charge in [0.25, 0.3) is 0 Å². The molecule has 0 atom stereocenters. The van der Waals surface area contributed by atoms with Crippen molar-refractivity contribution >= 4 is 5.97 Å². The van der Waals surface area contributed by atoms with Gasteiger partial charge < -0.3 is 19.1 Å². The van der Waals surface area contributed by atoms with Crippen molar-refractivity contribution in [3.05, 3.63) is 35.3 Å². The van der Waals surface area contributed by atoms with Crippen LogP contribution < -0.4 is 4.74 Å². The molecule has 1 heterocycles. The van der Waals surface area contributed by atoms with Crippen LogP contribution in [0.1, 0.15) is 16.1 Å². The Hall–Kier alpha value is -2.41. The van der Waals surface area contributed by atoms with Gasteiger partial charge in [-0.25, -0.2) is 9.18 Å². The number of hydrogen-bond acceptors (Lipinski definition) is 5. The summed E-state index contributed by atoms with van der Waals surface area (Å²) in [5, 5.41) is 12.1. The highest BCUT2D eigenvalue weighted by molar-refractivity contribution is 5.86. The van der Waals surface area contributed by atoms with Gasteiger partial charge in [-0.1, -0.05) is 5.16 Å². The lowest BCUT2D eigenvalue weighted by Crippen LogP contribution is -1.99. The number of ether oxygens (including phenoxy) is 2. The molecule has 0 saturated carbocycles. The molecule has 20 heavy (non-hydrogen) atoms. The van der Waals surface area contributed by atoms with Crippen LogP contribution in [0.25, 0.3) is 11.3 Å². The molecule has 7 heteroatoms. The fourth-order valence-electron chi connectivity index (χ4n) is 1.77. The van der Waals surface area contributed by atoms with Gasteiger partial charge in [0.05, 0.1) is 24.8 Å². The number of carbonyl (C=O) groups is 1. The molecule has 0 saturated heterocycles. The number of carboxylic acids is 1. The Morgan fingerprint density at radius 1 is 1.45 bits per heavy atom. The lowest BCUT2D eigenvalue weighted by Gasteiger charge is -2.10. The Labute approximate surface area is 113 Å². The Morgan fingerprint density at radius 2 is 2.20 bits per heavy atom. The van der Waals surface area contributed by atoms with Crippen LogP contribution in [0.4, 0.5) is 4.39 Å². The van der Waals surface area contributed by atoms with Crippen molar-refractivity contribution < 1.29 is 28.3 Å². The second-order valence-corrected chi connectivity index (χ2v) is 3.92. The van der Waals surface area contributed by atoms with E-state index in [2.05, 4.69) is 5.16 Å². The largest absolute Gasteiger partial charge is 0.496 e. The van der Waals surface area contributed by atoms with Crippen LogP contribution in [-0.2, 0) is 11.3 Å². The topological polar surface area (TPSA) is 81.8 Å². The molecule has 106 valence electrons. The monoisotopic (exact) mass is 281 g/mol. The van der Waals surface area contributed by atoms with E-state index >= 15 is 0 Å². The molecule has 0 fully saturated rings. The average molecular weight is 281 g/mol. The van der Waals surface area contributed by atoms with Crippen molar-refractivity contribution in [2.45, 2.75) is 6.61 Å². The SMILES string of the molecule is COCc1c(OC)ccc(-c2cc(C(=O)O)no2)c1F. The van der Waals surface area contributed by atoms with Crippen LogP contribution in [-0.4, -0.2) is 30.5 Å². The molecule has 0 aliphatic heterocycles. The summed E-state index contributed by atoms with van der Waals surface area (Å²) < 4.78 is 29.2. The van der Waals surface area contributed by atoms with E-state index in [-0.39, 0.29) is 29.2 Å². The van der Waals surface area contributed by atoms with Crippen molar-refractivity contribution in [2.24, 2.45) is 0 Å². The molecular weight excluding hydrogens is 269 g/mol. The zero-order chi connectivity index (χ0) is 14.7. The van der Waals surface area contributed by atoms with Gasteiger partial charge in [0.1, 0.15) is 11.6 Å². The van der Waals surface area contributed by atoms with Crippen LogP contribution in [0.15, 0.2) is 22.7 Å². The summed E-state index contributed by atoms with van der Waals surface area (Å²) in [5.41, 5.74) is 0.0298. The zero-order valence-electron chi connectivity index (χ0n) is 10.8. The maximum Gasteiger partial charge on any atom is 0.358 e. The molecule has 1 N–H and O–H groups in total. The summed E-state index contributed by atoms with van der Waals surface area (Å²) in [4.78, 5) is 10.7. The number of methoxy groups -OCH3 is 2. The molecule has 0 radical (unpaired) electrons. The lowest BCUT2D eigenvalue weighted by atomic mass is 10.1. The van der Waals surface area contributed by atoms with Gasteiger partial charge in [-0.2, -0.15) is 0 Å². The molecule has 1 aromatic heterocycles. The van der Waals surface area contributed by atoms with Gasteiger partial charge in [-0.15, -0.1) is 0 Å². The number of halogens is 1. The summed E-state index contributed by atoms with van der Waals surface area (Å²) in [6, 6.07) is 4.14. The second kappa shape index (κ2) is 5.70. The van der Waals surface area contributed by atoms with Crippen LogP contribution >= 0.6 is 0 Å². The van der Waals surface area contributed by atoms with Gasteiger partial charge in [0.15, 0.2) is 11.5 Å². The van der Waals surface area contributed by atoms with Crippen molar-refractivity contribution in [3.63, 3.8) is 0 Å². The molecule has 0 unspecified atom stereocenters. The standard InChI is InChI=1S/C13H12FNO5/c1-18-6-8-10(19-2)4-3-7(12(8)14)11-5-9(13(16)17)15-20-11/h3-5H,6H2,1-2H3,(H,16,17). The minimum atomic E-state index is -1.24. The summed E-state index contributed by atoms with van der Waals surface area (Å²) in [6.07, 6.45) is 0. The van der Waals surface area contributed by atoms with Crippen LogP contribution in [0, 0.1) is 5.82 Å². The van der Waals surface area contributed by atoms with Crippen molar-refractivity contribution in [2.75, 3.05) is 14.2 Å². The Bertz CT molecular complexity index is 638. The first kappa shape index (κ1) is 14.0. The maximum atomic E-state index is 14.4. The number of rotatable bonds is 5. The van der Waals surface area contributed by atoms with Gasteiger partial charge in [0.2, 0.25) is 0 Å². The van der Waals surface area contributed by atoms with Gasteiger partial charge in [-0.05, 0) is 12.1 Å². The first-order valence-corrected chi connectivity index (χ1v) is 5.63. The van der Waals surface area contributed by atoms with E-state index in [9.17, 15) is 9.18 Å². The average Bonchev–Trinajstić information content (AvgIpc) is 2.91. The van der Waals surface area contributed by atoms with Crippen LogP contribution in [0.3, 0.4) is 0 Å². The predicted octanol–water partition coefficient (Wildman–Crippen LogP) is 2.33. The summed E-state index contributed by atoms with van der Waals surface area (Å²) in [7, 11) is 2.85. The first-order chi connectivity index (χ1) is 9.58. The number of nitrogens with zero attached hydrogens (tertiary/aromatic N) is 1. The molecule has 6 nitrogen and oxygen atoms in total. The minimum absolute atomic E-state index is 0.0166. The maximum absolute atomic E-state index is 14.4. The Morgan fingerprint density at radius 3 is 2.75 bits per heavy atom. The molecule has 1 aromatic carbocycles. The number of aromatic carboxylic acids is 1. The molecule has 0 bridgehead atoms. The van der Waals surface area contributed by atoms with Gasteiger partial charge >= 0.3 is 5.97 Å². The van der Waals surface area contributed by atoms with Gasteiger partial charge in [0, 0.05) is 13.2 Å². The molecule has 0 aliphatic carbocycles. The molecule has 2 aromatic rings. The first-order valence-electron chi connectivity index (χ1n) is 5.63. The highest BCUT2D eigenvalue weighted by Crippen LogP contribution is 2.31. The number of aromatic nitrogens is 1. The van der Waals surface area contributed by atoms with Crippen LogP contribution in [0.2, 0.25) is 0 Å². The van der Waals surface area contributed by atoms with E-state index in [4.69, 9.17) is 19.1 Å². The highest BCUT2D eigenvalue weighted by atomic mass is 19.1. The number of benzene rings is 1. The van der Waals surface area contributed by atoms with Crippen molar-refractivity contribution in [3.8, 4) is 17.1 Å².